The van der Waals surface area contributed by atoms with Gasteiger partial charge in [0.15, 0.2) is 0 Å². The van der Waals surface area contributed by atoms with E-state index in [1.807, 2.05) is 0 Å². The second kappa shape index (κ2) is 3.21. The Morgan fingerprint density at radius 3 is 2.33 bits per heavy atom. The van der Waals surface area contributed by atoms with Crippen LogP contribution < -0.4 is 0 Å². The summed E-state index contributed by atoms with van der Waals surface area (Å²) in [5, 5.41) is 9.92. The highest BCUT2D eigenvalue weighted by molar-refractivity contribution is 5.21. The van der Waals surface area contributed by atoms with Gasteiger partial charge in [0.2, 0.25) is 0 Å². The van der Waals surface area contributed by atoms with Gasteiger partial charge < -0.3 is 5.11 Å². The molecule has 2 rings (SSSR count). The zero-order valence-corrected chi connectivity index (χ0v) is 7.63. The molecule has 0 unspecified atom stereocenters. The van der Waals surface area contributed by atoms with Crippen molar-refractivity contribution in [1.29, 1.82) is 0 Å². The summed E-state index contributed by atoms with van der Waals surface area (Å²) in [4.78, 5) is 0. The summed E-state index contributed by atoms with van der Waals surface area (Å²) in [6.45, 7) is 3.90. The normalized spacial score (nSPS) is 33.4. The molecule has 0 heterocycles. The van der Waals surface area contributed by atoms with Crippen LogP contribution in [0.25, 0.3) is 0 Å². The van der Waals surface area contributed by atoms with Gasteiger partial charge in [-0.15, -0.1) is 0 Å². The fourth-order valence-corrected chi connectivity index (χ4v) is 2.39. The largest absolute Gasteiger partial charge is 0.392 e. The third-order valence-electron chi connectivity index (χ3n) is 3.39. The van der Waals surface area contributed by atoms with Gasteiger partial charge in [-0.05, 0) is 25.2 Å². The molecule has 2 fully saturated rings. The first kappa shape index (κ1) is 8.31. The lowest BCUT2D eigenvalue weighted by Crippen LogP contribution is -2.24. The molecule has 0 amide bonds. The van der Waals surface area contributed by atoms with Gasteiger partial charge in [-0.25, -0.2) is 0 Å². The maximum Gasteiger partial charge on any atom is 0.0636 e. The summed E-state index contributed by atoms with van der Waals surface area (Å²) in [6.07, 6.45) is 7.52. The third-order valence-corrected chi connectivity index (χ3v) is 3.39. The Bertz CT molecular complexity index is 179. The Labute approximate surface area is 74.5 Å². The molecule has 2 aliphatic carbocycles. The molecule has 0 bridgehead atoms. The van der Waals surface area contributed by atoms with Crippen LogP contribution in [0, 0.1) is 11.8 Å². The van der Waals surface area contributed by atoms with Crippen LogP contribution in [0.5, 0.6) is 0 Å². The molecule has 0 aromatic rings. The highest BCUT2D eigenvalue weighted by Crippen LogP contribution is 2.43. The highest BCUT2D eigenvalue weighted by atomic mass is 16.3. The first-order valence-electron chi connectivity index (χ1n) is 5.15. The average Bonchev–Trinajstić information content (AvgIpc) is 2.83. The zero-order valence-electron chi connectivity index (χ0n) is 7.63. The summed E-state index contributed by atoms with van der Waals surface area (Å²) >= 11 is 0. The smallest absolute Gasteiger partial charge is 0.0636 e. The van der Waals surface area contributed by atoms with Crippen LogP contribution >= 0.6 is 0 Å². The molecule has 0 aromatic carbocycles. The number of rotatable bonds is 2. The zero-order chi connectivity index (χ0) is 8.55. The lowest BCUT2D eigenvalue weighted by molar-refractivity contribution is 0.0697. The van der Waals surface area contributed by atoms with Gasteiger partial charge in [-0.2, -0.15) is 0 Å². The molecular formula is C11H18O. The van der Waals surface area contributed by atoms with Crippen molar-refractivity contribution in [2.24, 2.45) is 11.8 Å². The van der Waals surface area contributed by atoms with Crippen LogP contribution in [0.1, 0.15) is 38.5 Å². The fraction of sp³-hybridized carbons (Fsp3) is 0.818. The van der Waals surface area contributed by atoms with Crippen molar-refractivity contribution in [3.05, 3.63) is 12.2 Å². The molecule has 1 nitrogen and oxygen atoms in total. The summed E-state index contributed by atoms with van der Waals surface area (Å²) < 4.78 is 0. The minimum absolute atomic E-state index is 0.0576. The summed E-state index contributed by atoms with van der Waals surface area (Å²) in [6, 6.07) is 0. The van der Waals surface area contributed by atoms with Crippen LogP contribution in [-0.2, 0) is 0 Å². The van der Waals surface area contributed by atoms with Crippen molar-refractivity contribution in [1.82, 2.24) is 0 Å². The molecule has 1 heteroatoms. The minimum atomic E-state index is -0.0576. The monoisotopic (exact) mass is 166 g/mol. The van der Waals surface area contributed by atoms with E-state index in [-0.39, 0.29) is 6.10 Å². The SMILES string of the molecule is C=C1C[C@H]1[C@@H](O)C1CCCCC1. The van der Waals surface area contributed by atoms with Gasteiger partial charge in [-0.1, -0.05) is 31.4 Å². The molecule has 1 N–H and O–H groups in total. The lowest BCUT2D eigenvalue weighted by atomic mass is 9.83. The second-order valence-corrected chi connectivity index (χ2v) is 4.36. The molecule has 0 aliphatic heterocycles. The highest BCUT2D eigenvalue weighted by Gasteiger charge is 2.38. The summed E-state index contributed by atoms with van der Waals surface area (Å²) in [5.41, 5.74) is 1.27. The number of hydrogen-bond acceptors (Lipinski definition) is 1. The topological polar surface area (TPSA) is 20.2 Å². The molecule has 2 saturated carbocycles. The Balaban J connectivity index is 1.85. The minimum Gasteiger partial charge on any atom is -0.392 e. The van der Waals surface area contributed by atoms with E-state index >= 15 is 0 Å². The average molecular weight is 166 g/mol. The van der Waals surface area contributed by atoms with Gasteiger partial charge >= 0.3 is 0 Å². The number of aliphatic hydroxyl groups is 1. The maximum absolute atomic E-state index is 9.92. The van der Waals surface area contributed by atoms with Crippen molar-refractivity contribution in [2.75, 3.05) is 0 Å². The Hall–Kier alpha value is -0.300. The predicted molar refractivity (Wildman–Crippen MR) is 49.8 cm³/mol. The van der Waals surface area contributed by atoms with E-state index in [2.05, 4.69) is 6.58 Å². The molecular weight excluding hydrogens is 148 g/mol. The van der Waals surface area contributed by atoms with Crippen LogP contribution in [0.3, 0.4) is 0 Å². The fourth-order valence-electron chi connectivity index (χ4n) is 2.39. The van der Waals surface area contributed by atoms with Crippen LogP contribution in [-0.4, -0.2) is 11.2 Å². The van der Waals surface area contributed by atoms with E-state index in [1.165, 1.54) is 37.7 Å². The molecule has 2 aliphatic rings. The van der Waals surface area contributed by atoms with Crippen LogP contribution in [0.15, 0.2) is 12.2 Å². The van der Waals surface area contributed by atoms with Crippen LogP contribution in [0.4, 0.5) is 0 Å². The lowest BCUT2D eigenvalue weighted by Gasteiger charge is -2.26. The van der Waals surface area contributed by atoms with Crippen molar-refractivity contribution >= 4 is 0 Å². The van der Waals surface area contributed by atoms with Crippen molar-refractivity contribution in [2.45, 2.75) is 44.6 Å². The van der Waals surface area contributed by atoms with E-state index in [4.69, 9.17) is 0 Å². The number of aliphatic hydroxyl groups excluding tert-OH is 1. The van der Waals surface area contributed by atoms with E-state index in [0.717, 1.165) is 6.42 Å². The quantitative estimate of drug-likeness (QED) is 0.625. The van der Waals surface area contributed by atoms with E-state index in [1.54, 1.807) is 0 Å². The van der Waals surface area contributed by atoms with Gasteiger partial charge in [0.25, 0.3) is 0 Å². The van der Waals surface area contributed by atoms with Crippen molar-refractivity contribution in [3.63, 3.8) is 0 Å². The first-order chi connectivity index (χ1) is 5.79. The van der Waals surface area contributed by atoms with Gasteiger partial charge in [0.1, 0.15) is 0 Å². The number of hydrogen-bond donors (Lipinski definition) is 1. The first-order valence-corrected chi connectivity index (χ1v) is 5.15. The molecule has 0 aromatic heterocycles. The van der Waals surface area contributed by atoms with E-state index < -0.39 is 0 Å². The van der Waals surface area contributed by atoms with Gasteiger partial charge in [-0.3, -0.25) is 0 Å². The molecule has 0 spiro atoms. The third kappa shape index (κ3) is 1.56. The maximum atomic E-state index is 9.92. The molecule has 68 valence electrons. The molecule has 12 heavy (non-hydrogen) atoms. The van der Waals surface area contributed by atoms with E-state index in [0.29, 0.717) is 11.8 Å². The Morgan fingerprint density at radius 2 is 1.83 bits per heavy atom. The summed E-state index contributed by atoms with van der Waals surface area (Å²) in [7, 11) is 0. The second-order valence-electron chi connectivity index (χ2n) is 4.36. The van der Waals surface area contributed by atoms with Crippen LogP contribution in [0.2, 0.25) is 0 Å². The molecule has 0 saturated heterocycles. The van der Waals surface area contributed by atoms with Crippen molar-refractivity contribution in [3.8, 4) is 0 Å². The van der Waals surface area contributed by atoms with Gasteiger partial charge in [0.05, 0.1) is 6.10 Å². The summed E-state index contributed by atoms with van der Waals surface area (Å²) in [5.74, 6) is 1.05. The molecule has 2 atom stereocenters. The predicted octanol–water partition coefficient (Wildman–Crippen LogP) is 2.50. The molecule has 0 radical (unpaired) electrons. The van der Waals surface area contributed by atoms with Crippen molar-refractivity contribution < 1.29 is 5.11 Å². The van der Waals surface area contributed by atoms with Gasteiger partial charge in [0, 0.05) is 5.92 Å². The van der Waals surface area contributed by atoms with E-state index in [9.17, 15) is 5.11 Å². The standard InChI is InChI=1S/C11H18O/c1-8-7-10(8)11(12)9-5-3-2-4-6-9/h9-12H,1-7H2/t10-,11+/m1/s1. The Kier molecular flexibility index (Phi) is 2.22. The Morgan fingerprint density at radius 1 is 1.25 bits per heavy atom.